The molecule has 0 aromatic rings. The first-order valence-corrected chi connectivity index (χ1v) is 31.9. The molecule has 3 atom stereocenters. The minimum atomic E-state index is -4.35. The molecule has 0 aliphatic carbocycles. The van der Waals surface area contributed by atoms with Crippen LogP contribution in [-0.4, -0.2) is 73.4 Å². The van der Waals surface area contributed by atoms with Crippen molar-refractivity contribution >= 4 is 13.7 Å². The Morgan fingerprint density at radius 1 is 0.471 bits per heavy atom. The van der Waals surface area contributed by atoms with E-state index in [0.29, 0.717) is 17.4 Å². The van der Waals surface area contributed by atoms with E-state index in [2.05, 4.69) is 43.5 Å². The standard InChI is InChI=1S/C61H119N2O6P/c1-6-8-10-12-14-16-18-19-20-21-22-23-24-25-26-27-28-29-30-31-32-33-34-35-36-37-38-39-40-41-42-43-45-47-49-51-53-55-61(65)62-59(58-69-70(66,67)68-57-56-63(3,4)5)60(64)54-52-50-48-46-44-17-15-13-11-9-7-2/h11,13,44,46,52,54,59-60,64H,6-10,12,14-43,45,47-51,53,55-58H2,1-5H3,(H-,62,65,66,67)/p+1/b13-11+,46-44+,54-52+. The van der Waals surface area contributed by atoms with Crippen LogP contribution in [0.2, 0.25) is 0 Å². The third kappa shape index (κ3) is 54.5. The van der Waals surface area contributed by atoms with E-state index in [4.69, 9.17) is 9.05 Å². The molecule has 0 aliphatic heterocycles. The highest BCUT2D eigenvalue weighted by molar-refractivity contribution is 7.47. The van der Waals surface area contributed by atoms with Gasteiger partial charge in [0.1, 0.15) is 13.2 Å². The number of likely N-dealkylation sites (N-methyl/N-ethyl adjacent to an activating group) is 1. The Hall–Kier alpha value is -1.28. The fraction of sp³-hybridized carbons (Fsp3) is 0.885. The van der Waals surface area contributed by atoms with Crippen LogP contribution in [0, 0.1) is 0 Å². The lowest BCUT2D eigenvalue weighted by molar-refractivity contribution is -0.870. The molecule has 0 saturated carbocycles. The number of unbranched alkanes of at least 4 members (excludes halogenated alkanes) is 39. The lowest BCUT2D eigenvalue weighted by Gasteiger charge is -2.25. The number of hydrogen-bond acceptors (Lipinski definition) is 5. The third-order valence-electron chi connectivity index (χ3n) is 13.8. The zero-order valence-corrected chi connectivity index (χ0v) is 48.2. The molecule has 3 unspecified atom stereocenters. The first-order chi connectivity index (χ1) is 34.0. The topological polar surface area (TPSA) is 105 Å². The van der Waals surface area contributed by atoms with Gasteiger partial charge in [0, 0.05) is 6.42 Å². The monoisotopic (exact) mass is 1010 g/mol. The highest BCUT2D eigenvalue weighted by Crippen LogP contribution is 2.43. The second-order valence-electron chi connectivity index (χ2n) is 22.1. The van der Waals surface area contributed by atoms with E-state index in [-0.39, 0.29) is 19.1 Å². The maximum atomic E-state index is 12.9. The van der Waals surface area contributed by atoms with Gasteiger partial charge in [-0.25, -0.2) is 4.57 Å². The summed E-state index contributed by atoms with van der Waals surface area (Å²) in [6.07, 6.45) is 68.8. The van der Waals surface area contributed by atoms with Crippen molar-refractivity contribution in [3.8, 4) is 0 Å². The molecule has 0 rings (SSSR count). The zero-order valence-electron chi connectivity index (χ0n) is 47.3. The van der Waals surface area contributed by atoms with Gasteiger partial charge in [0.05, 0.1) is 39.9 Å². The number of aliphatic hydroxyl groups excluding tert-OH is 1. The maximum Gasteiger partial charge on any atom is 0.472 e. The van der Waals surface area contributed by atoms with Crippen molar-refractivity contribution in [2.45, 2.75) is 309 Å². The molecular formula is C61H120N2O6P+. The van der Waals surface area contributed by atoms with Gasteiger partial charge in [0.15, 0.2) is 0 Å². The second kappa shape index (κ2) is 52.6. The minimum absolute atomic E-state index is 0.0546. The van der Waals surface area contributed by atoms with Gasteiger partial charge in [-0.2, -0.15) is 0 Å². The summed E-state index contributed by atoms with van der Waals surface area (Å²) in [5.74, 6) is -0.188. The van der Waals surface area contributed by atoms with Crippen LogP contribution in [0.15, 0.2) is 36.5 Å². The molecule has 0 radical (unpaired) electrons. The van der Waals surface area contributed by atoms with Gasteiger partial charge < -0.3 is 19.8 Å². The number of hydrogen-bond donors (Lipinski definition) is 3. The number of phosphoric ester groups is 1. The van der Waals surface area contributed by atoms with Crippen molar-refractivity contribution in [2.75, 3.05) is 40.9 Å². The molecule has 0 saturated heterocycles. The molecule has 8 nitrogen and oxygen atoms in total. The summed E-state index contributed by atoms with van der Waals surface area (Å²) in [6, 6.07) is -0.866. The maximum absolute atomic E-state index is 12.9. The Morgan fingerprint density at radius 3 is 1.11 bits per heavy atom. The zero-order chi connectivity index (χ0) is 51.3. The Labute approximate surface area is 436 Å². The minimum Gasteiger partial charge on any atom is -0.387 e. The number of aliphatic hydroxyl groups is 1. The quantitative estimate of drug-likeness (QED) is 0.0243. The van der Waals surface area contributed by atoms with E-state index in [0.717, 1.165) is 51.4 Å². The number of nitrogens with one attached hydrogen (secondary N) is 1. The number of nitrogens with zero attached hydrogens (tertiary/aromatic N) is 1. The number of carbonyl (C=O) groups is 1. The van der Waals surface area contributed by atoms with Gasteiger partial charge in [-0.05, 0) is 38.5 Å². The second-order valence-corrected chi connectivity index (χ2v) is 23.5. The molecule has 3 N–H and O–H groups in total. The van der Waals surface area contributed by atoms with Crippen LogP contribution in [-0.2, 0) is 18.4 Å². The van der Waals surface area contributed by atoms with E-state index >= 15 is 0 Å². The van der Waals surface area contributed by atoms with Gasteiger partial charge in [-0.3, -0.25) is 13.8 Å². The molecule has 0 spiro atoms. The summed E-state index contributed by atoms with van der Waals surface area (Å²) < 4.78 is 23.6. The van der Waals surface area contributed by atoms with E-state index in [1.165, 1.54) is 225 Å². The Kier molecular flexibility index (Phi) is 51.6. The van der Waals surface area contributed by atoms with E-state index in [1.807, 2.05) is 27.2 Å². The summed E-state index contributed by atoms with van der Waals surface area (Å²) >= 11 is 0. The van der Waals surface area contributed by atoms with Crippen molar-refractivity contribution in [1.82, 2.24) is 5.32 Å². The average Bonchev–Trinajstić information content (AvgIpc) is 3.32. The van der Waals surface area contributed by atoms with Crippen LogP contribution in [0.4, 0.5) is 0 Å². The molecule has 0 bridgehead atoms. The predicted octanol–water partition coefficient (Wildman–Crippen LogP) is 18.5. The van der Waals surface area contributed by atoms with Gasteiger partial charge in [0.25, 0.3) is 0 Å². The van der Waals surface area contributed by atoms with Crippen molar-refractivity contribution < 1.29 is 32.9 Å². The highest BCUT2D eigenvalue weighted by Gasteiger charge is 2.27. The number of allylic oxidation sites excluding steroid dienone is 5. The average molecular weight is 1010 g/mol. The number of rotatable bonds is 56. The summed E-state index contributed by atoms with van der Waals surface area (Å²) in [4.78, 5) is 23.2. The van der Waals surface area contributed by atoms with Crippen LogP contribution >= 0.6 is 7.82 Å². The van der Waals surface area contributed by atoms with E-state index in [1.54, 1.807) is 6.08 Å². The summed E-state index contributed by atoms with van der Waals surface area (Å²) in [5.41, 5.74) is 0. The molecule has 1 amide bonds. The first kappa shape index (κ1) is 68.7. The van der Waals surface area contributed by atoms with Crippen molar-refractivity contribution in [1.29, 1.82) is 0 Å². The first-order valence-electron chi connectivity index (χ1n) is 30.4. The largest absolute Gasteiger partial charge is 0.472 e. The SMILES string of the molecule is CCC/C=C/CC/C=C/CC/C=C/C(O)C(COP(=O)(O)OCC[N+](C)(C)C)NC(=O)CCCCCCCCCCCCCCCCCCCCCCCCCCCCCCCCCCCCCCC. The molecule has 414 valence electrons. The summed E-state index contributed by atoms with van der Waals surface area (Å²) in [5, 5.41) is 13.8. The fourth-order valence-corrected chi connectivity index (χ4v) is 9.82. The van der Waals surface area contributed by atoms with Gasteiger partial charge in [-0.1, -0.05) is 288 Å². The van der Waals surface area contributed by atoms with Crippen molar-refractivity contribution in [3.63, 3.8) is 0 Å². The lowest BCUT2D eigenvalue weighted by atomic mass is 10.0. The van der Waals surface area contributed by atoms with Crippen LogP contribution in [0.1, 0.15) is 296 Å². The Balaban J connectivity index is 3.85. The van der Waals surface area contributed by atoms with Gasteiger partial charge >= 0.3 is 7.82 Å². The van der Waals surface area contributed by atoms with Crippen LogP contribution in [0.25, 0.3) is 0 Å². The summed E-state index contributed by atoms with van der Waals surface area (Å²) in [6.45, 7) is 4.74. The van der Waals surface area contributed by atoms with E-state index < -0.39 is 20.0 Å². The van der Waals surface area contributed by atoms with Crippen LogP contribution in [0.5, 0.6) is 0 Å². The fourth-order valence-electron chi connectivity index (χ4n) is 9.09. The molecule has 0 aromatic heterocycles. The van der Waals surface area contributed by atoms with E-state index in [9.17, 15) is 19.4 Å². The molecule has 0 heterocycles. The van der Waals surface area contributed by atoms with Crippen LogP contribution < -0.4 is 5.32 Å². The molecule has 9 heteroatoms. The number of carbonyl (C=O) groups excluding carboxylic acids is 1. The highest BCUT2D eigenvalue weighted by atomic mass is 31.2. The Bertz CT molecular complexity index is 1230. The molecular weight excluding hydrogens is 888 g/mol. The predicted molar refractivity (Wildman–Crippen MR) is 304 cm³/mol. The molecule has 70 heavy (non-hydrogen) atoms. The molecule has 0 fully saturated rings. The lowest BCUT2D eigenvalue weighted by Crippen LogP contribution is -2.45. The number of quaternary nitrogens is 1. The van der Waals surface area contributed by atoms with Crippen molar-refractivity contribution in [3.05, 3.63) is 36.5 Å². The van der Waals surface area contributed by atoms with Crippen molar-refractivity contribution in [2.24, 2.45) is 0 Å². The third-order valence-corrected chi connectivity index (χ3v) is 14.8. The number of amides is 1. The molecule has 0 aliphatic rings. The normalized spacial score (nSPS) is 14.1. The Morgan fingerprint density at radius 2 is 0.786 bits per heavy atom. The number of phosphoric acid groups is 1. The van der Waals surface area contributed by atoms with Crippen LogP contribution in [0.3, 0.4) is 0 Å². The molecule has 0 aromatic carbocycles. The smallest absolute Gasteiger partial charge is 0.387 e. The summed E-state index contributed by atoms with van der Waals surface area (Å²) in [7, 11) is 1.55. The van der Waals surface area contributed by atoms with Gasteiger partial charge in [-0.15, -0.1) is 0 Å². The van der Waals surface area contributed by atoms with Gasteiger partial charge in [0.2, 0.25) is 5.91 Å².